The number of rotatable bonds is 3. The zero-order chi connectivity index (χ0) is 18.8. The summed E-state index contributed by atoms with van der Waals surface area (Å²) in [6, 6.07) is 20.3. The molecule has 26 heavy (non-hydrogen) atoms. The van der Waals surface area contributed by atoms with Gasteiger partial charge in [0.2, 0.25) is 0 Å². The fourth-order valence-electron chi connectivity index (χ4n) is 2.44. The molecule has 0 N–H and O–H groups in total. The second kappa shape index (κ2) is 10.1. The maximum Gasteiger partial charge on any atom is 0.183 e. The Morgan fingerprint density at radius 1 is 0.731 bits per heavy atom. The number of aromatic nitrogens is 4. The zero-order valence-electron chi connectivity index (χ0n) is 15.9. The van der Waals surface area contributed by atoms with Crippen molar-refractivity contribution in [2.24, 2.45) is 0 Å². The Labute approximate surface area is 155 Å². The van der Waals surface area contributed by atoms with Crippen LogP contribution in [0.25, 0.3) is 22.9 Å². The molecular formula is C22H26N4. The molecule has 0 fully saturated rings. The molecule has 0 atom stereocenters. The SMILES string of the molecule is CC.CC.c1ccc(Cn2cnc3nc(-c4ccccc4)nc-3c2)cc1. The molecule has 0 aliphatic carbocycles. The second-order valence-electron chi connectivity index (χ2n) is 5.15. The van der Waals surface area contributed by atoms with Gasteiger partial charge in [-0.2, -0.15) is 0 Å². The number of nitrogens with zero attached hydrogens (tertiary/aromatic N) is 4. The molecule has 0 spiro atoms. The molecule has 0 saturated heterocycles. The van der Waals surface area contributed by atoms with Crippen molar-refractivity contribution in [3.63, 3.8) is 0 Å². The Hall–Kier alpha value is -3.01. The Morgan fingerprint density at radius 3 is 2.00 bits per heavy atom. The van der Waals surface area contributed by atoms with Crippen LogP contribution in [0.15, 0.2) is 73.2 Å². The van der Waals surface area contributed by atoms with Gasteiger partial charge in [-0.3, -0.25) is 0 Å². The number of hydrogen-bond donors (Lipinski definition) is 0. The van der Waals surface area contributed by atoms with E-state index < -0.39 is 0 Å². The van der Waals surface area contributed by atoms with Gasteiger partial charge >= 0.3 is 0 Å². The van der Waals surface area contributed by atoms with Crippen LogP contribution in [0.3, 0.4) is 0 Å². The third-order valence-electron chi connectivity index (χ3n) is 3.52. The average Bonchev–Trinajstić information content (AvgIpc) is 3.16. The summed E-state index contributed by atoms with van der Waals surface area (Å²) < 4.78 is 2.03. The first-order valence-electron chi connectivity index (χ1n) is 9.17. The molecule has 2 aliphatic rings. The first kappa shape index (κ1) is 19.3. The van der Waals surface area contributed by atoms with Gasteiger partial charge < -0.3 is 4.57 Å². The Morgan fingerprint density at radius 2 is 1.35 bits per heavy atom. The van der Waals surface area contributed by atoms with Crippen LogP contribution in [0.5, 0.6) is 0 Å². The van der Waals surface area contributed by atoms with Gasteiger partial charge in [-0.15, -0.1) is 0 Å². The van der Waals surface area contributed by atoms with E-state index in [1.807, 2.05) is 87.0 Å². The van der Waals surface area contributed by atoms with Crippen LogP contribution in [0.1, 0.15) is 33.3 Å². The predicted octanol–water partition coefficient (Wildman–Crippen LogP) is 5.55. The lowest BCUT2D eigenvalue weighted by Crippen LogP contribution is -2.02. The first-order chi connectivity index (χ1) is 12.9. The van der Waals surface area contributed by atoms with Crippen molar-refractivity contribution in [3.05, 3.63) is 78.8 Å². The van der Waals surface area contributed by atoms with Gasteiger partial charge in [0, 0.05) is 18.3 Å². The molecule has 0 unspecified atom stereocenters. The van der Waals surface area contributed by atoms with E-state index in [2.05, 4.69) is 27.1 Å². The summed E-state index contributed by atoms with van der Waals surface area (Å²) in [4.78, 5) is 13.5. The highest BCUT2D eigenvalue weighted by Gasteiger charge is 2.13. The molecule has 4 heteroatoms. The van der Waals surface area contributed by atoms with Crippen LogP contribution in [0.4, 0.5) is 0 Å². The maximum atomic E-state index is 4.59. The van der Waals surface area contributed by atoms with Gasteiger partial charge in [0.15, 0.2) is 11.6 Å². The van der Waals surface area contributed by atoms with Gasteiger partial charge in [0.1, 0.15) is 5.69 Å². The van der Waals surface area contributed by atoms with Gasteiger partial charge in [0.25, 0.3) is 0 Å². The maximum absolute atomic E-state index is 4.59. The van der Waals surface area contributed by atoms with Crippen LogP contribution in [0, 0.1) is 0 Å². The van der Waals surface area contributed by atoms with E-state index in [4.69, 9.17) is 0 Å². The molecule has 4 rings (SSSR count). The minimum atomic E-state index is 0.683. The summed E-state index contributed by atoms with van der Waals surface area (Å²) in [5.74, 6) is 1.41. The van der Waals surface area contributed by atoms with E-state index in [1.54, 1.807) is 6.33 Å². The second-order valence-corrected chi connectivity index (χ2v) is 5.15. The number of benzene rings is 2. The van der Waals surface area contributed by atoms with Crippen LogP contribution in [-0.2, 0) is 6.54 Å². The zero-order valence-corrected chi connectivity index (χ0v) is 15.9. The molecule has 2 heterocycles. The van der Waals surface area contributed by atoms with E-state index >= 15 is 0 Å². The smallest absolute Gasteiger partial charge is 0.183 e. The van der Waals surface area contributed by atoms with Crippen LogP contribution in [0.2, 0.25) is 0 Å². The van der Waals surface area contributed by atoms with E-state index in [0.717, 1.165) is 23.6 Å². The Balaban J connectivity index is 0.000000570. The summed E-state index contributed by atoms with van der Waals surface area (Å²) in [6.07, 6.45) is 3.80. The number of hydrogen-bond acceptors (Lipinski definition) is 3. The fourth-order valence-corrected chi connectivity index (χ4v) is 2.44. The van der Waals surface area contributed by atoms with Crippen molar-refractivity contribution in [1.82, 2.24) is 19.5 Å². The molecule has 134 valence electrons. The minimum Gasteiger partial charge on any atom is -0.332 e. The topological polar surface area (TPSA) is 43.6 Å². The third-order valence-corrected chi connectivity index (χ3v) is 3.52. The third kappa shape index (κ3) is 4.76. The van der Waals surface area contributed by atoms with Crippen molar-refractivity contribution in [2.45, 2.75) is 34.2 Å². The van der Waals surface area contributed by atoms with Crippen molar-refractivity contribution in [2.75, 3.05) is 0 Å². The van der Waals surface area contributed by atoms with Crippen molar-refractivity contribution >= 4 is 0 Å². The normalized spacial score (nSPS) is 9.69. The summed E-state index contributed by atoms with van der Waals surface area (Å²) in [6.45, 7) is 8.78. The summed E-state index contributed by atoms with van der Waals surface area (Å²) in [7, 11) is 0. The van der Waals surface area contributed by atoms with Gasteiger partial charge in [-0.05, 0) is 5.56 Å². The molecule has 0 amide bonds. The average molecular weight is 346 g/mol. The largest absolute Gasteiger partial charge is 0.332 e. The van der Waals surface area contributed by atoms with Crippen molar-refractivity contribution in [3.8, 4) is 22.9 Å². The van der Waals surface area contributed by atoms with Crippen LogP contribution >= 0.6 is 0 Å². The highest BCUT2D eigenvalue weighted by atomic mass is 15.1. The van der Waals surface area contributed by atoms with Crippen LogP contribution in [-0.4, -0.2) is 19.5 Å². The lowest BCUT2D eigenvalue weighted by atomic mass is 10.2. The number of fused-ring (bicyclic) bond motifs is 1. The van der Waals surface area contributed by atoms with Crippen molar-refractivity contribution in [1.29, 1.82) is 0 Å². The monoisotopic (exact) mass is 346 g/mol. The lowest BCUT2D eigenvalue weighted by molar-refractivity contribution is 0.764. The standard InChI is InChI=1S/C18H14N4.2C2H6/c1-3-7-14(8-4-1)11-22-12-16-18(19-13-22)21-17(20-16)15-9-5-2-6-10-15;2*1-2/h1-10,12-13H,11H2;2*1-2H3. The summed E-state index contributed by atoms with van der Waals surface area (Å²) in [5.41, 5.74) is 3.06. The lowest BCUT2D eigenvalue weighted by Gasteiger charge is -2.06. The molecule has 2 aliphatic heterocycles. The van der Waals surface area contributed by atoms with Crippen LogP contribution < -0.4 is 0 Å². The fraction of sp³-hybridized carbons (Fsp3) is 0.227. The van der Waals surface area contributed by atoms with E-state index in [0.29, 0.717) is 5.82 Å². The van der Waals surface area contributed by atoms with E-state index in [-0.39, 0.29) is 0 Å². The van der Waals surface area contributed by atoms with E-state index in [1.165, 1.54) is 5.56 Å². The molecule has 2 aromatic carbocycles. The molecular weight excluding hydrogens is 320 g/mol. The van der Waals surface area contributed by atoms with E-state index in [9.17, 15) is 0 Å². The first-order valence-corrected chi connectivity index (χ1v) is 9.17. The van der Waals surface area contributed by atoms with Gasteiger partial charge in [-0.1, -0.05) is 88.4 Å². The quantitative estimate of drug-likeness (QED) is 0.489. The Bertz CT molecular complexity index is 854. The molecule has 4 nitrogen and oxygen atoms in total. The molecule has 2 aromatic rings. The molecule has 0 bridgehead atoms. The highest BCUT2D eigenvalue weighted by Crippen LogP contribution is 2.22. The summed E-state index contributed by atoms with van der Waals surface area (Å²) >= 11 is 0. The highest BCUT2D eigenvalue weighted by molar-refractivity contribution is 5.63. The molecule has 0 saturated carbocycles. The molecule has 0 aromatic heterocycles. The number of imidazole rings is 1. The predicted molar refractivity (Wildman–Crippen MR) is 108 cm³/mol. The Kier molecular flexibility index (Phi) is 7.49. The summed E-state index contributed by atoms with van der Waals surface area (Å²) in [5, 5.41) is 0. The van der Waals surface area contributed by atoms with Crippen molar-refractivity contribution < 1.29 is 0 Å². The van der Waals surface area contributed by atoms with Gasteiger partial charge in [-0.25, -0.2) is 15.0 Å². The van der Waals surface area contributed by atoms with Gasteiger partial charge in [0.05, 0.1) is 6.33 Å². The minimum absolute atomic E-state index is 0.683. The molecule has 0 radical (unpaired) electrons.